The standard InChI is InChI=1S/C15H21BrFN/c1-10(11(2)9-18-13-6-7-13)8-12-4-3-5-14(17)15(12)16/h3-5,10-11,13,18H,6-9H2,1-2H3. The molecule has 1 saturated carbocycles. The van der Waals surface area contributed by atoms with Crippen LogP contribution < -0.4 is 5.32 Å². The summed E-state index contributed by atoms with van der Waals surface area (Å²) in [5.41, 5.74) is 1.07. The van der Waals surface area contributed by atoms with E-state index in [1.54, 1.807) is 6.07 Å². The van der Waals surface area contributed by atoms with E-state index in [2.05, 4.69) is 35.1 Å². The van der Waals surface area contributed by atoms with Gasteiger partial charge in [0, 0.05) is 6.04 Å². The zero-order valence-corrected chi connectivity index (χ0v) is 12.6. The van der Waals surface area contributed by atoms with Gasteiger partial charge in [-0.2, -0.15) is 0 Å². The van der Waals surface area contributed by atoms with Gasteiger partial charge < -0.3 is 5.32 Å². The Labute approximate surface area is 117 Å². The van der Waals surface area contributed by atoms with Crippen molar-refractivity contribution in [3.63, 3.8) is 0 Å². The van der Waals surface area contributed by atoms with Gasteiger partial charge in [0.05, 0.1) is 4.47 Å². The van der Waals surface area contributed by atoms with Crippen LogP contribution in [-0.4, -0.2) is 12.6 Å². The maximum Gasteiger partial charge on any atom is 0.137 e. The average Bonchev–Trinajstić information content (AvgIpc) is 3.16. The molecule has 1 nitrogen and oxygen atoms in total. The maximum atomic E-state index is 13.4. The fraction of sp³-hybridized carbons (Fsp3) is 0.600. The van der Waals surface area contributed by atoms with Gasteiger partial charge in [0.2, 0.25) is 0 Å². The van der Waals surface area contributed by atoms with Crippen molar-refractivity contribution in [2.45, 2.75) is 39.2 Å². The molecule has 0 radical (unpaired) electrons. The minimum Gasteiger partial charge on any atom is -0.314 e. The molecule has 1 N–H and O–H groups in total. The summed E-state index contributed by atoms with van der Waals surface area (Å²) < 4.78 is 14.1. The van der Waals surface area contributed by atoms with Gasteiger partial charge in [-0.05, 0) is 65.2 Å². The maximum absolute atomic E-state index is 13.4. The van der Waals surface area contributed by atoms with E-state index in [0.717, 1.165) is 24.6 Å². The van der Waals surface area contributed by atoms with E-state index >= 15 is 0 Å². The van der Waals surface area contributed by atoms with E-state index in [1.807, 2.05) is 6.07 Å². The van der Waals surface area contributed by atoms with Gasteiger partial charge in [-0.1, -0.05) is 26.0 Å². The number of nitrogens with one attached hydrogen (secondary N) is 1. The lowest BCUT2D eigenvalue weighted by atomic mass is 9.89. The summed E-state index contributed by atoms with van der Waals surface area (Å²) in [7, 11) is 0. The number of benzene rings is 1. The molecule has 2 atom stereocenters. The van der Waals surface area contributed by atoms with E-state index in [-0.39, 0.29) is 5.82 Å². The zero-order valence-electron chi connectivity index (χ0n) is 11.0. The molecule has 0 heterocycles. The Kier molecular flexibility index (Phi) is 4.79. The average molecular weight is 314 g/mol. The molecule has 0 amide bonds. The summed E-state index contributed by atoms with van der Waals surface area (Å²) in [4.78, 5) is 0. The van der Waals surface area contributed by atoms with Crippen LogP contribution in [0.25, 0.3) is 0 Å². The first-order valence-electron chi connectivity index (χ1n) is 6.74. The van der Waals surface area contributed by atoms with Gasteiger partial charge >= 0.3 is 0 Å². The number of halogens is 2. The minimum atomic E-state index is -0.163. The minimum absolute atomic E-state index is 0.163. The summed E-state index contributed by atoms with van der Waals surface area (Å²) in [5.74, 6) is 0.999. The van der Waals surface area contributed by atoms with Crippen LogP contribution >= 0.6 is 15.9 Å². The van der Waals surface area contributed by atoms with Gasteiger partial charge in [0.25, 0.3) is 0 Å². The first kappa shape index (κ1) is 14.0. The fourth-order valence-corrected chi connectivity index (χ4v) is 2.52. The summed E-state index contributed by atoms with van der Waals surface area (Å²) in [5, 5.41) is 3.56. The Hall–Kier alpha value is -0.410. The van der Waals surface area contributed by atoms with Gasteiger partial charge in [0.1, 0.15) is 5.82 Å². The van der Waals surface area contributed by atoms with Gasteiger partial charge in [-0.3, -0.25) is 0 Å². The highest BCUT2D eigenvalue weighted by atomic mass is 79.9. The number of rotatable bonds is 6. The van der Waals surface area contributed by atoms with Crippen molar-refractivity contribution in [2.75, 3.05) is 6.54 Å². The number of hydrogen-bond acceptors (Lipinski definition) is 1. The van der Waals surface area contributed by atoms with Gasteiger partial charge in [0.15, 0.2) is 0 Å². The van der Waals surface area contributed by atoms with Crippen LogP contribution in [0.4, 0.5) is 4.39 Å². The van der Waals surface area contributed by atoms with Crippen molar-refractivity contribution in [2.24, 2.45) is 11.8 Å². The van der Waals surface area contributed by atoms with E-state index < -0.39 is 0 Å². The summed E-state index contributed by atoms with van der Waals surface area (Å²) in [6.45, 7) is 5.59. The van der Waals surface area contributed by atoms with Crippen LogP contribution in [0.5, 0.6) is 0 Å². The van der Waals surface area contributed by atoms with Crippen LogP contribution in [0, 0.1) is 17.7 Å². The molecular weight excluding hydrogens is 293 g/mol. The summed E-state index contributed by atoms with van der Waals surface area (Å²) in [6.07, 6.45) is 3.58. The Morgan fingerprint density at radius 2 is 2.06 bits per heavy atom. The lowest BCUT2D eigenvalue weighted by molar-refractivity contribution is 0.363. The van der Waals surface area contributed by atoms with E-state index in [4.69, 9.17) is 0 Å². The Balaban J connectivity index is 1.88. The van der Waals surface area contributed by atoms with Crippen LogP contribution in [0.1, 0.15) is 32.3 Å². The summed E-state index contributed by atoms with van der Waals surface area (Å²) >= 11 is 3.34. The predicted octanol–water partition coefficient (Wildman–Crippen LogP) is 4.15. The second-order valence-electron chi connectivity index (χ2n) is 5.55. The lowest BCUT2D eigenvalue weighted by Gasteiger charge is -2.21. The second kappa shape index (κ2) is 6.16. The molecule has 0 aliphatic heterocycles. The van der Waals surface area contributed by atoms with E-state index in [9.17, 15) is 4.39 Å². The molecular formula is C15H21BrFN. The van der Waals surface area contributed by atoms with Crippen molar-refractivity contribution >= 4 is 15.9 Å². The largest absolute Gasteiger partial charge is 0.314 e. The highest BCUT2D eigenvalue weighted by molar-refractivity contribution is 9.10. The SMILES string of the molecule is CC(CNC1CC1)C(C)Cc1cccc(F)c1Br. The Bertz CT molecular complexity index is 403. The van der Waals surface area contributed by atoms with Gasteiger partial charge in [-0.15, -0.1) is 0 Å². The fourth-order valence-electron chi connectivity index (χ4n) is 2.10. The Morgan fingerprint density at radius 3 is 2.72 bits per heavy atom. The first-order chi connectivity index (χ1) is 8.58. The molecule has 2 rings (SSSR count). The predicted molar refractivity (Wildman–Crippen MR) is 77.2 cm³/mol. The molecule has 3 heteroatoms. The molecule has 1 aliphatic carbocycles. The van der Waals surface area contributed by atoms with E-state index in [0.29, 0.717) is 16.3 Å². The monoisotopic (exact) mass is 313 g/mol. The highest BCUT2D eigenvalue weighted by Gasteiger charge is 2.22. The van der Waals surface area contributed by atoms with Crippen LogP contribution in [0.15, 0.2) is 22.7 Å². The molecule has 100 valence electrons. The highest BCUT2D eigenvalue weighted by Crippen LogP contribution is 2.26. The van der Waals surface area contributed by atoms with Crippen molar-refractivity contribution in [3.8, 4) is 0 Å². The van der Waals surface area contributed by atoms with Crippen LogP contribution in [0.2, 0.25) is 0 Å². The van der Waals surface area contributed by atoms with Crippen LogP contribution in [-0.2, 0) is 6.42 Å². The first-order valence-corrected chi connectivity index (χ1v) is 7.53. The van der Waals surface area contributed by atoms with Crippen molar-refractivity contribution < 1.29 is 4.39 Å². The molecule has 1 aliphatic rings. The topological polar surface area (TPSA) is 12.0 Å². The number of hydrogen-bond donors (Lipinski definition) is 1. The van der Waals surface area contributed by atoms with Crippen molar-refractivity contribution in [3.05, 3.63) is 34.1 Å². The second-order valence-corrected chi connectivity index (χ2v) is 6.35. The smallest absolute Gasteiger partial charge is 0.137 e. The Morgan fingerprint density at radius 1 is 1.33 bits per heavy atom. The van der Waals surface area contributed by atoms with Crippen LogP contribution in [0.3, 0.4) is 0 Å². The molecule has 18 heavy (non-hydrogen) atoms. The molecule has 2 unspecified atom stereocenters. The molecule has 1 aromatic rings. The summed E-state index contributed by atoms with van der Waals surface area (Å²) in [6, 6.07) is 6.05. The van der Waals surface area contributed by atoms with E-state index in [1.165, 1.54) is 18.9 Å². The third-order valence-electron chi connectivity index (χ3n) is 3.85. The molecule has 1 aromatic carbocycles. The molecule has 0 bridgehead atoms. The third-order valence-corrected chi connectivity index (χ3v) is 4.74. The zero-order chi connectivity index (χ0) is 13.1. The normalized spacial score (nSPS) is 18.7. The van der Waals surface area contributed by atoms with Crippen molar-refractivity contribution in [1.29, 1.82) is 0 Å². The molecule has 0 saturated heterocycles. The molecule has 0 aromatic heterocycles. The quantitative estimate of drug-likeness (QED) is 0.831. The van der Waals surface area contributed by atoms with Crippen molar-refractivity contribution in [1.82, 2.24) is 5.32 Å². The lowest BCUT2D eigenvalue weighted by Crippen LogP contribution is -2.27. The molecule has 0 spiro atoms. The molecule has 1 fully saturated rings. The van der Waals surface area contributed by atoms with Gasteiger partial charge in [-0.25, -0.2) is 4.39 Å². The third kappa shape index (κ3) is 3.79.